The Bertz CT molecular complexity index is 762. The molecular formula is C21H28NO3+. The number of ether oxygens (including phenoxy) is 2. The number of nitrogens with one attached hydrogen (secondary N) is 1. The Labute approximate surface area is 150 Å². The van der Waals surface area contributed by atoms with Gasteiger partial charge >= 0.3 is 0 Å². The van der Waals surface area contributed by atoms with Crippen LogP contribution in [0.5, 0.6) is 17.2 Å². The lowest BCUT2D eigenvalue weighted by Crippen LogP contribution is -3.11. The summed E-state index contributed by atoms with van der Waals surface area (Å²) in [4.78, 5) is 1.53. The number of quaternary nitrogens is 1. The summed E-state index contributed by atoms with van der Waals surface area (Å²) >= 11 is 0. The highest BCUT2D eigenvalue weighted by Gasteiger charge is 2.29. The van der Waals surface area contributed by atoms with Gasteiger partial charge in [-0.05, 0) is 61.7 Å². The third-order valence-corrected chi connectivity index (χ3v) is 5.42. The molecule has 2 aromatic rings. The normalized spacial score (nSPS) is 19.4. The number of rotatable bonds is 4. The van der Waals surface area contributed by atoms with Crippen LogP contribution in [-0.4, -0.2) is 25.9 Å². The zero-order chi connectivity index (χ0) is 18.1. The SMILES string of the molecule is COc1cc2c(cc1OC)[C@H](C)[NH+](Cc1cc(C)c(O)c(C)c1)CC2. The van der Waals surface area contributed by atoms with Crippen LogP contribution in [-0.2, 0) is 13.0 Å². The lowest BCUT2D eigenvalue weighted by atomic mass is 9.92. The Kier molecular flexibility index (Phi) is 4.91. The number of aryl methyl sites for hydroxylation is 2. The number of methoxy groups -OCH3 is 2. The fourth-order valence-corrected chi connectivity index (χ4v) is 3.94. The maximum atomic E-state index is 9.99. The van der Waals surface area contributed by atoms with E-state index in [-0.39, 0.29) is 0 Å². The summed E-state index contributed by atoms with van der Waals surface area (Å²) in [5.74, 6) is 2.01. The topological polar surface area (TPSA) is 43.1 Å². The number of phenolic OH excluding ortho intramolecular Hbond substituents is 1. The van der Waals surface area contributed by atoms with Crippen molar-refractivity contribution in [2.75, 3.05) is 20.8 Å². The second-order valence-corrected chi connectivity index (χ2v) is 7.04. The van der Waals surface area contributed by atoms with Crippen molar-refractivity contribution >= 4 is 0 Å². The van der Waals surface area contributed by atoms with Gasteiger partial charge < -0.3 is 19.5 Å². The first-order valence-electron chi connectivity index (χ1n) is 8.83. The van der Waals surface area contributed by atoms with Gasteiger partial charge in [-0.25, -0.2) is 0 Å². The van der Waals surface area contributed by atoms with Crippen LogP contribution >= 0.6 is 0 Å². The summed E-state index contributed by atoms with van der Waals surface area (Å²) in [7, 11) is 3.37. The van der Waals surface area contributed by atoms with Crippen molar-refractivity contribution in [2.24, 2.45) is 0 Å². The van der Waals surface area contributed by atoms with Crippen molar-refractivity contribution in [1.82, 2.24) is 0 Å². The molecular weight excluding hydrogens is 314 g/mol. The highest BCUT2D eigenvalue weighted by molar-refractivity contribution is 5.48. The van der Waals surface area contributed by atoms with Crippen molar-refractivity contribution < 1.29 is 19.5 Å². The second kappa shape index (κ2) is 6.96. The molecule has 0 fully saturated rings. The average Bonchev–Trinajstić information content (AvgIpc) is 2.61. The van der Waals surface area contributed by atoms with E-state index in [9.17, 15) is 5.11 Å². The minimum Gasteiger partial charge on any atom is -0.507 e. The van der Waals surface area contributed by atoms with Crippen LogP contribution in [0.4, 0.5) is 0 Å². The number of phenols is 1. The molecule has 0 aromatic heterocycles. The van der Waals surface area contributed by atoms with Crippen molar-refractivity contribution in [2.45, 2.75) is 39.8 Å². The van der Waals surface area contributed by atoms with Gasteiger partial charge in [0, 0.05) is 17.5 Å². The van der Waals surface area contributed by atoms with E-state index in [0.717, 1.165) is 42.1 Å². The molecule has 0 saturated heterocycles. The van der Waals surface area contributed by atoms with Crippen LogP contribution in [0.25, 0.3) is 0 Å². The summed E-state index contributed by atoms with van der Waals surface area (Å²) in [5, 5.41) is 9.99. The standard InChI is InChI=1S/C21H27NO3/c1-13-8-16(9-14(2)21(13)23)12-22-7-6-17-10-19(24-4)20(25-5)11-18(17)15(22)3/h8-11,15,23H,6-7,12H2,1-5H3/p+1/t15-/m0/s1. The van der Waals surface area contributed by atoms with Crippen LogP contribution < -0.4 is 14.4 Å². The average molecular weight is 342 g/mol. The predicted octanol–water partition coefficient (Wildman–Crippen LogP) is 2.73. The molecule has 4 heteroatoms. The number of aromatic hydroxyl groups is 1. The van der Waals surface area contributed by atoms with Crippen molar-refractivity contribution in [3.05, 3.63) is 52.1 Å². The highest BCUT2D eigenvalue weighted by atomic mass is 16.5. The maximum absolute atomic E-state index is 9.99. The summed E-state index contributed by atoms with van der Waals surface area (Å²) in [5.41, 5.74) is 5.87. The lowest BCUT2D eigenvalue weighted by Gasteiger charge is -2.33. The van der Waals surface area contributed by atoms with Crippen molar-refractivity contribution in [1.29, 1.82) is 0 Å². The smallest absolute Gasteiger partial charge is 0.161 e. The lowest BCUT2D eigenvalue weighted by molar-refractivity contribution is -0.945. The van der Waals surface area contributed by atoms with Gasteiger partial charge in [-0.2, -0.15) is 0 Å². The second-order valence-electron chi connectivity index (χ2n) is 7.04. The fourth-order valence-electron chi connectivity index (χ4n) is 3.94. The third-order valence-electron chi connectivity index (χ3n) is 5.42. The van der Waals surface area contributed by atoms with Gasteiger partial charge in [0.1, 0.15) is 18.3 Å². The zero-order valence-corrected chi connectivity index (χ0v) is 15.8. The van der Waals surface area contributed by atoms with E-state index >= 15 is 0 Å². The minimum absolute atomic E-state index is 0.387. The molecule has 2 N–H and O–H groups in total. The molecule has 0 bridgehead atoms. The zero-order valence-electron chi connectivity index (χ0n) is 15.8. The minimum atomic E-state index is 0.387. The number of benzene rings is 2. The van der Waals surface area contributed by atoms with Gasteiger partial charge in [-0.3, -0.25) is 0 Å². The first-order chi connectivity index (χ1) is 11.9. The maximum Gasteiger partial charge on any atom is 0.161 e. The third kappa shape index (κ3) is 3.31. The molecule has 1 aliphatic heterocycles. The summed E-state index contributed by atoms with van der Waals surface area (Å²) in [6.07, 6.45) is 1.03. The molecule has 1 heterocycles. The van der Waals surface area contributed by atoms with Crippen molar-refractivity contribution in [3.8, 4) is 17.2 Å². The van der Waals surface area contributed by atoms with Crippen molar-refractivity contribution in [3.63, 3.8) is 0 Å². The van der Waals surface area contributed by atoms with Gasteiger partial charge in [0.05, 0.1) is 20.8 Å². The van der Waals surface area contributed by atoms with E-state index in [1.807, 2.05) is 13.8 Å². The molecule has 0 aliphatic carbocycles. The first-order valence-corrected chi connectivity index (χ1v) is 8.83. The number of fused-ring (bicyclic) bond motifs is 1. The Morgan fingerprint density at radius 1 is 1.04 bits per heavy atom. The Hall–Kier alpha value is -2.20. The van der Waals surface area contributed by atoms with E-state index in [4.69, 9.17) is 9.47 Å². The molecule has 0 radical (unpaired) electrons. The van der Waals surface area contributed by atoms with Gasteiger partial charge in [-0.15, -0.1) is 0 Å². The van der Waals surface area contributed by atoms with E-state index in [1.165, 1.54) is 21.6 Å². The van der Waals surface area contributed by atoms with E-state index < -0.39 is 0 Å². The molecule has 4 nitrogen and oxygen atoms in total. The van der Waals surface area contributed by atoms with Crippen LogP contribution in [0, 0.1) is 13.8 Å². The van der Waals surface area contributed by atoms with Gasteiger partial charge in [0.2, 0.25) is 0 Å². The fraction of sp³-hybridized carbons (Fsp3) is 0.429. The highest BCUT2D eigenvalue weighted by Crippen LogP contribution is 2.34. The van der Waals surface area contributed by atoms with Gasteiger partial charge in [0.15, 0.2) is 11.5 Å². The molecule has 2 atom stereocenters. The van der Waals surface area contributed by atoms with Crippen LogP contribution in [0.15, 0.2) is 24.3 Å². The van der Waals surface area contributed by atoms with E-state index in [0.29, 0.717) is 11.8 Å². The Morgan fingerprint density at radius 2 is 1.64 bits per heavy atom. The van der Waals surface area contributed by atoms with Gasteiger partial charge in [-0.1, -0.05) is 0 Å². The predicted molar refractivity (Wildman–Crippen MR) is 98.8 cm³/mol. The Morgan fingerprint density at radius 3 is 2.24 bits per heavy atom. The molecule has 3 rings (SSSR count). The van der Waals surface area contributed by atoms with Crippen LogP contribution in [0.3, 0.4) is 0 Å². The van der Waals surface area contributed by atoms with E-state index in [2.05, 4.69) is 31.2 Å². The van der Waals surface area contributed by atoms with Gasteiger partial charge in [0.25, 0.3) is 0 Å². The first kappa shape index (κ1) is 17.6. The Balaban J connectivity index is 1.87. The molecule has 0 saturated carbocycles. The molecule has 134 valence electrons. The largest absolute Gasteiger partial charge is 0.507 e. The quantitative estimate of drug-likeness (QED) is 0.898. The summed E-state index contributed by atoms with van der Waals surface area (Å²) in [6, 6.07) is 8.85. The van der Waals surface area contributed by atoms with E-state index in [1.54, 1.807) is 14.2 Å². The monoisotopic (exact) mass is 342 g/mol. The van der Waals surface area contributed by atoms with Crippen LogP contribution in [0.2, 0.25) is 0 Å². The molecule has 25 heavy (non-hydrogen) atoms. The summed E-state index contributed by atoms with van der Waals surface area (Å²) in [6.45, 7) is 8.25. The molecule has 0 amide bonds. The molecule has 1 unspecified atom stereocenters. The molecule has 1 aliphatic rings. The number of hydrogen-bond donors (Lipinski definition) is 2. The van der Waals surface area contributed by atoms with Crippen LogP contribution in [0.1, 0.15) is 40.8 Å². The molecule has 0 spiro atoms. The summed E-state index contributed by atoms with van der Waals surface area (Å²) < 4.78 is 10.9. The molecule has 2 aromatic carbocycles. The number of hydrogen-bond acceptors (Lipinski definition) is 3.